The van der Waals surface area contributed by atoms with Gasteiger partial charge in [-0.1, -0.05) is 0 Å². The van der Waals surface area contributed by atoms with Crippen molar-refractivity contribution in [1.29, 1.82) is 0 Å². The first kappa shape index (κ1) is 11.8. The van der Waals surface area contributed by atoms with Crippen LogP contribution in [0.5, 0.6) is 0 Å². The molecule has 0 amide bonds. The van der Waals surface area contributed by atoms with E-state index >= 15 is 0 Å². The van der Waals surface area contributed by atoms with Crippen LogP contribution >= 0.6 is 11.6 Å². The monoisotopic (exact) mass is 236 g/mol. The first-order valence-electron chi connectivity index (χ1n) is 3.96. The predicted molar refractivity (Wildman–Crippen MR) is 50.1 cm³/mol. The van der Waals surface area contributed by atoms with Gasteiger partial charge in [0.05, 0.1) is 11.1 Å². The molecular weight excluding hydrogens is 230 g/mol. The molecule has 82 valence electrons. The second kappa shape index (κ2) is 4.48. The van der Waals surface area contributed by atoms with Crippen molar-refractivity contribution in [1.82, 2.24) is 4.98 Å². The van der Waals surface area contributed by atoms with Gasteiger partial charge >= 0.3 is 5.82 Å². The lowest BCUT2D eigenvalue weighted by Gasteiger charge is -2.07. The molecule has 1 aromatic heterocycles. The highest BCUT2D eigenvalue weighted by molar-refractivity contribution is 6.17. The van der Waals surface area contributed by atoms with Crippen molar-refractivity contribution >= 4 is 17.4 Å². The molecule has 0 aliphatic heterocycles. The Kier molecular flexibility index (Phi) is 3.52. The summed E-state index contributed by atoms with van der Waals surface area (Å²) in [6.45, 7) is 1.36. The SMILES string of the molecule is Cc1c([N+](=O)[O-])ncc(C(F)F)c1CCl. The van der Waals surface area contributed by atoms with Crippen LogP contribution in [0.2, 0.25) is 0 Å². The van der Waals surface area contributed by atoms with Gasteiger partial charge in [0.25, 0.3) is 6.43 Å². The number of halogens is 3. The van der Waals surface area contributed by atoms with Crippen molar-refractivity contribution < 1.29 is 13.7 Å². The van der Waals surface area contributed by atoms with Crippen LogP contribution < -0.4 is 0 Å². The third-order valence-electron chi connectivity index (χ3n) is 2.00. The lowest BCUT2D eigenvalue weighted by atomic mass is 10.1. The minimum atomic E-state index is -2.73. The summed E-state index contributed by atoms with van der Waals surface area (Å²) < 4.78 is 24.9. The van der Waals surface area contributed by atoms with Crippen molar-refractivity contribution in [2.75, 3.05) is 0 Å². The molecule has 0 unspecified atom stereocenters. The Morgan fingerprint density at radius 2 is 2.27 bits per heavy atom. The number of pyridine rings is 1. The summed E-state index contributed by atoms with van der Waals surface area (Å²) in [6, 6.07) is 0. The zero-order valence-corrected chi connectivity index (χ0v) is 8.46. The van der Waals surface area contributed by atoms with Gasteiger partial charge in [-0.25, -0.2) is 8.78 Å². The molecule has 0 atom stereocenters. The molecule has 7 heteroatoms. The van der Waals surface area contributed by atoms with Crippen LogP contribution in [-0.2, 0) is 5.88 Å². The number of rotatable bonds is 3. The Balaban J connectivity index is 3.39. The van der Waals surface area contributed by atoms with Crippen LogP contribution in [0.25, 0.3) is 0 Å². The second-order valence-corrected chi connectivity index (χ2v) is 3.10. The fourth-order valence-corrected chi connectivity index (χ4v) is 1.56. The minimum absolute atomic E-state index is 0.0772. The summed E-state index contributed by atoms with van der Waals surface area (Å²) in [6.07, 6.45) is -1.93. The van der Waals surface area contributed by atoms with E-state index in [0.29, 0.717) is 0 Å². The average Bonchev–Trinajstić information content (AvgIpc) is 2.16. The minimum Gasteiger partial charge on any atom is -0.358 e. The zero-order chi connectivity index (χ0) is 11.6. The quantitative estimate of drug-likeness (QED) is 0.461. The standard InChI is InChI=1S/C8H7ClF2N2O2/c1-4-5(2-9)6(7(10)11)3-12-8(4)13(14)15/h3,7H,2H2,1H3. The largest absolute Gasteiger partial charge is 0.366 e. The van der Waals surface area contributed by atoms with E-state index in [1.807, 2.05) is 0 Å². The van der Waals surface area contributed by atoms with Gasteiger partial charge in [-0.15, -0.1) is 11.6 Å². The van der Waals surface area contributed by atoms with Crippen molar-refractivity contribution in [3.8, 4) is 0 Å². The molecular formula is C8H7ClF2N2O2. The molecule has 4 nitrogen and oxygen atoms in total. The van der Waals surface area contributed by atoms with Crippen LogP contribution in [-0.4, -0.2) is 9.91 Å². The molecule has 0 aromatic carbocycles. The van der Waals surface area contributed by atoms with E-state index in [4.69, 9.17) is 11.6 Å². The van der Waals surface area contributed by atoms with Crippen LogP contribution in [0.3, 0.4) is 0 Å². The number of nitro groups is 1. The normalized spacial score (nSPS) is 10.7. The van der Waals surface area contributed by atoms with Gasteiger partial charge in [0.15, 0.2) is 0 Å². The summed E-state index contributed by atoms with van der Waals surface area (Å²) in [5, 5.41) is 10.5. The van der Waals surface area contributed by atoms with Crippen LogP contribution in [0, 0.1) is 17.0 Å². The average molecular weight is 237 g/mol. The Morgan fingerprint density at radius 1 is 1.67 bits per heavy atom. The summed E-state index contributed by atoms with van der Waals surface area (Å²) in [5.74, 6) is -0.635. The van der Waals surface area contributed by atoms with Gasteiger partial charge in [-0.3, -0.25) is 0 Å². The lowest BCUT2D eigenvalue weighted by molar-refractivity contribution is -0.390. The number of hydrogen-bond donors (Lipinski definition) is 0. The molecule has 15 heavy (non-hydrogen) atoms. The number of nitrogens with zero attached hydrogens (tertiary/aromatic N) is 2. The molecule has 0 fully saturated rings. The summed E-state index contributed by atoms with van der Waals surface area (Å²) >= 11 is 5.47. The zero-order valence-electron chi connectivity index (χ0n) is 7.71. The maximum atomic E-state index is 12.5. The lowest BCUT2D eigenvalue weighted by Crippen LogP contribution is -2.03. The Bertz CT molecular complexity index is 398. The van der Waals surface area contributed by atoms with Crippen molar-refractivity contribution in [2.45, 2.75) is 19.2 Å². The molecule has 0 bridgehead atoms. The third-order valence-corrected chi connectivity index (χ3v) is 2.27. The number of hydrogen-bond acceptors (Lipinski definition) is 3. The maximum Gasteiger partial charge on any atom is 0.366 e. The van der Waals surface area contributed by atoms with Crippen LogP contribution in [0.4, 0.5) is 14.6 Å². The third kappa shape index (κ3) is 2.20. The molecule has 0 saturated carbocycles. The van der Waals surface area contributed by atoms with Crippen molar-refractivity contribution in [2.24, 2.45) is 0 Å². The highest BCUT2D eigenvalue weighted by Gasteiger charge is 2.23. The summed E-state index contributed by atoms with van der Waals surface area (Å²) in [4.78, 5) is 13.1. The van der Waals surface area contributed by atoms with E-state index in [-0.39, 0.29) is 22.6 Å². The summed E-state index contributed by atoms with van der Waals surface area (Å²) in [5.41, 5.74) is -0.186. The van der Waals surface area contributed by atoms with Gasteiger partial charge in [0, 0.05) is 5.88 Å². The molecule has 0 radical (unpaired) electrons. The smallest absolute Gasteiger partial charge is 0.358 e. The van der Waals surface area contributed by atoms with E-state index in [1.54, 1.807) is 0 Å². The molecule has 1 rings (SSSR count). The van der Waals surface area contributed by atoms with Crippen LogP contribution in [0.15, 0.2) is 6.20 Å². The Hall–Kier alpha value is -1.30. The Morgan fingerprint density at radius 3 is 2.67 bits per heavy atom. The van der Waals surface area contributed by atoms with Gasteiger partial charge < -0.3 is 10.1 Å². The van der Waals surface area contributed by atoms with E-state index in [1.165, 1.54) is 6.92 Å². The van der Waals surface area contributed by atoms with E-state index in [2.05, 4.69) is 4.98 Å². The van der Waals surface area contributed by atoms with Gasteiger partial charge in [0.2, 0.25) is 0 Å². The Labute approximate surface area is 89.0 Å². The van der Waals surface area contributed by atoms with Gasteiger partial charge in [0.1, 0.15) is 6.20 Å². The molecule has 1 heterocycles. The van der Waals surface area contributed by atoms with Crippen molar-refractivity contribution in [3.05, 3.63) is 33.0 Å². The first-order chi connectivity index (χ1) is 6.99. The van der Waals surface area contributed by atoms with Crippen molar-refractivity contribution in [3.63, 3.8) is 0 Å². The highest BCUT2D eigenvalue weighted by atomic mass is 35.5. The molecule has 0 spiro atoms. The fraction of sp³-hybridized carbons (Fsp3) is 0.375. The molecule has 0 aliphatic rings. The van der Waals surface area contributed by atoms with Gasteiger partial charge in [-0.2, -0.15) is 0 Å². The summed E-state index contributed by atoms with van der Waals surface area (Å²) in [7, 11) is 0. The second-order valence-electron chi connectivity index (χ2n) is 2.83. The molecule has 0 saturated heterocycles. The number of aromatic nitrogens is 1. The molecule has 1 aromatic rings. The first-order valence-corrected chi connectivity index (χ1v) is 4.49. The van der Waals surface area contributed by atoms with Gasteiger partial charge in [-0.05, 0) is 22.4 Å². The maximum absolute atomic E-state index is 12.5. The molecule has 0 aliphatic carbocycles. The van der Waals surface area contributed by atoms with E-state index in [0.717, 1.165) is 6.20 Å². The van der Waals surface area contributed by atoms with E-state index in [9.17, 15) is 18.9 Å². The highest BCUT2D eigenvalue weighted by Crippen LogP contribution is 2.29. The predicted octanol–water partition coefficient (Wildman–Crippen LogP) is 2.97. The van der Waals surface area contributed by atoms with E-state index < -0.39 is 17.2 Å². The number of alkyl halides is 3. The topological polar surface area (TPSA) is 56.0 Å². The molecule has 0 N–H and O–H groups in total. The van der Waals surface area contributed by atoms with Crippen LogP contribution in [0.1, 0.15) is 23.1 Å². The fourth-order valence-electron chi connectivity index (χ4n) is 1.21.